The van der Waals surface area contributed by atoms with Crippen molar-refractivity contribution in [3.63, 3.8) is 0 Å². The van der Waals surface area contributed by atoms with Crippen LogP contribution in [0.15, 0.2) is 29.2 Å². The Balaban J connectivity index is 1.50. The zero-order valence-corrected chi connectivity index (χ0v) is 17.2. The molecule has 0 radical (unpaired) electrons. The number of ether oxygens (including phenoxy) is 1. The number of aryl methyl sites for hydroxylation is 1. The molecule has 1 heterocycles. The summed E-state index contributed by atoms with van der Waals surface area (Å²) in [5, 5.41) is 3.43. The van der Waals surface area contributed by atoms with E-state index >= 15 is 0 Å². The van der Waals surface area contributed by atoms with Crippen molar-refractivity contribution in [3.8, 4) is 5.75 Å². The van der Waals surface area contributed by atoms with E-state index in [9.17, 15) is 13.2 Å². The lowest BCUT2D eigenvalue weighted by atomic mass is 9.93. The molecule has 1 N–H and O–H groups in total. The van der Waals surface area contributed by atoms with Crippen LogP contribution in [0.3, 0.4) is 0 Å². The molecule has 1 unspecified atom stereocenters. The minimum atomic E-state index is -3.41. The van der Waals surface area contributed by atoms with Gasteiger partial charge in [0.25, 0.3) is 0 Å². The molecule has 1 aromatic heterocycles. The third-order valence-electron chi connectivity index (χ3n) is 4.67. The van der Waals surface area contributed by atoms with Gasteiger partial charge in [0.2, 0.25) is 5.91 Å². The van der Waals surface area contributed by atoms with Crippen molar-refractivity contribution < 1.29 is 17.9 Å². The van der Waals surface area contributed by atoms with Crippen LogP contribution in [0, 0.1) is 5.92 Å². The number of aromatic nitrogens is 1. The first-order valence-electron chi connectivity index (χ1n) is 9.02. The number of carbonyl (C=O) groups is 1. The normalized spacial score (nSPS) is 16.6. The molecule has 1 aromatic carbocycles. The van der Waals surface area contributed by atoms with E-state index in [-0.39, 0.29) is 29.4 Å². The maximum absolute atomic E-state index is 12.4. The Bertz CT molecular complexity index is 904. The number of amides is 1. The smallest absolute Gasteiger partial charge is 0.226 e. The molecule has 2 aromatic rings. The lowest BCUT2D eigenvalue weighted by Crippen LogP contribution is -2.14. The number of methoxy groups -OCH3 is 1. The van der Waals surface area contributed by atoms with Gasteiger partial charge in [-0.3, -0.25) is 4.79 Å². The highest BCUT2D eigenvalue weighted by Gasteiger charge is 2.21. The van der Waals surface area contributed by atoms with Gasteiger partial charge >= 0.3 is 0 Å². The van der Waals surface area contributed by atoms with Gasteiger partial charge < -0.3 is 10.1 Å². The number of sulfone groups is 1. The zero-order chi connectivity index (χ0) is 19.4. The highest BCUT2D eigenvalue weighted by molar-refractivity contribution is 7.91. The molecule has 0 saturated carbocycles. The molecule has 0 bridgehead atoms. The van der Waals surface area contributed by atoms with E-state index in [1.807, 2.05) is 0 Å². The number of nitrogens with zero attached hydrogens (tertiary/aromatic N) is 1. The second-order valence-corrected chi connectivity index (χ2v) is 10.1. The SMILES string of the molecule is COc1ccc(S(=O)(=O)CCCC(=O)Nc2nc3c(s2)CC(C)CC3)cc1. The van der Waals surface area contributed by atoms with Crippen molar-refractivity contribution in [1.82, 2.24) is 4.98 Å². The Morgan fingerprint density at radius 3 is 2.78 bits per heavy atom. The number of anilines is 1. The number of hydrogen-bond acceptors (Lipinski definition) is 6. The fourth-order valence-corrected chi connectivity index (χ4v) is 5.60. The number of carbonyl (C=O) groups excluding carboxylic acids is 1. The molecule has 1 aliphatic rings. The van der Waals surface area contributed by atoms with Gasteiger partial charge in [-0.25, -0.2) is 13.4 Å². The molecular formula is C19H24N2O4S2. The summed E-state index contributed by atoms with van der Waals surface area (Å²) in [6, 6.07) is 6.28. The number of nitrogens with one attached hydrogen (secondary N) is 1. The molecule has 0 aliphatic heterocycles. The number of thiazole rings is 1. The summed E-state index contributed by atoms with van der Waals surface area (Å²) in [6.07, 6.45) is 3.53. The van der Waals surface area contributed by atoms with Crippen LogP contribution in [-0.2, 0) is 27.5 Å². The quantitative estimate of drug-likeness (QED) is 0.758. The van der Waals surface area contributed by atoms with Gasteiger partial charge in [0.15, 0.2) is 15.0 Å². The van der Waals surface area contributed by atoms with Gasteiger partial charge in [0, 0.05) is 11.3 Å². The molecule has 6 nitrogen and oxygen atoms in total. The molecule has 1 aliphatic carbocycles. The Morgan fingerprint density at radius 1 is 1.33 bits per heavy atom. The van der Waals surface area contributed by atoms with Crippen LogP contribution in [0.25, 0.3) is 0 Å². The van der Waals surface area contributed by atoms with Crippen LogP contribution < -0.4 is 10.1 Å². The maximum atomic E-state index is 12.4. The van der Waals surface area contributed by atoms with Gasteiger partial charge in [-0.2, -0.15) is 0 Å². The van der Waals surface area contributed by atoms with Crippen molar-refractivity contribution in [2.75, 3.05) is 18.2 Å². The van der Waals surface area contributed by atoms with Crippen LogP contribution in [0.4, 0.5) is 5.13 Å². The van der Waals surface area contributed by atoms with E-state index in [1.165, 1.54) is 35.5 Å². The second kappa shape index (κ2) is 8.39. The summed E-state index contributed by atoms with van der Waals surface area (Å²) >= 11 is 1.53. The third kappa shape index (κ3) is 5.07. The highest BCUT2D eigenvalue weighted by Crippen LogP contribution is 2.32. The van der Waals surface area contributed by atoms with Gasteiger partial charge in [0.1, 0.15) is 5.75 Å². The first kappa shape index (κ1) is 19.8. The summed E-state index contributed by atoms with van der Waals surface area (Å²) in [5.74, 6) is 0.996. The molecular weight excluding hydrogens is 384 g/mol. The van der Waals surface area contributed by atoms with Crippen LogP contribution in [0.2, 0.25) is 0 Å². The number of hydrogen-bond donors (Lipinski definition) is 1. The average Bonchev–Trinajstić information content (AvgIpc) is 3.02. The van der Waals surface area contributed by atoms with Crippen molar-refractivity contribution in [2.45, 2.75) is 43.9 Å². The lowest BCUT2D eigenvalue weighted by molar-refractivity contribution is -0.116. The first-order chi connectivity index (χ1) is 12.9. The zero-order valence-electron chi connectivity index (χ0n) is 15.5. The van der Waals surface area contributed by atoms with Crippen molar-refractivity contribution in [2.24, 2.45) is 5.92 Å². The monoisotopic (exact) mass is 408 g/mol. The first-order valence-corrected chi connectivity index (χ1v) is 11.5. The highest BCUT2D eigenvalue weighted by atomic mass is 32.2. The van der Waals surface area contributed by atoms with Crippen molar-refractivity contribution in [1.29, 1.82) is 0 Å². The molecule has 0 saturated heterocycles. The van der Waals surface area contributed by atoms with Gasteiger partial charge in [-0.05, 0) is 55.9 Å². The molecule has 1 atom stereocenters. The minimum Gasteiger partial charge on any atom is -0.497 e. The summed E-state index contributed by atoms with van der Waals surface area (Å²) in [4.78, 5) is 18.1. The van der Waals surface area contributed by atoms with E-state index in [0.29, 0.717) is 16.8 Å². The number of benzene rings is 1. The topological polar surface area (TPSA) is 85.4 Å². The minimum absolute atomic E-state index is 0.0708. The number of fused-ring (bicyclic) bond motifs is 1. The molecule has 146 valence electrons. The lowest BCUT2D eigenvalue weighted by Gasteiger charge is -2.15. The van der Waals surface area contributed by atoms with Gasteiger partial charge in [0.05, 0.1) is 23.5 Å². The Labute approximate surface area is 163 Å². The Morgan fingerprint density at radius 2 is 2.07 bits per heavy atom. The molecule has 27 heavy (non-hydrogen) atoms. The van der Waals surface area contributed by atoms with Crippen LogP contribution in [-0.4, -0.2) is 32.2 Å². The Kier molecular flexibility index (Phi) is 6.16. The van der Waals surface area contributed by atoms with Crippen molar-refractivity contribution in [3.05, 3.63) is 34.8 Å². The maximum Gasteiger partial charge on any atom is 0.226 e. The van der Waals surface area contributed by atoms with Crippen molar-refractivity contribution >= 4 is 32.2 Å². The van der Waals surface area contributed by atoms with Crippen LogP contribution >= 0.6 is 11.3 Å². The summed E-state index contributed by atoms with van der Waals surface area (Å²) < 4.78 is 29.7. The fourth-order valence-electron chi connectivity index (χ4n) is 3.10. The second-order valence-electron chi connectivity index (χ2n) is 6.88. The van der Waals surface area contributed by atoms with E-state index < -0.39 is 9.84 Å². The van der Waals surface area contributed by atoms with E-state index in [1.54, 1.807) is 12.1 Å². The van der Waals surface area contributed by atoms with E-state index in [0.717, 1.165) is 25.0 Å². The van der Waals surface area contributed by atoms with Crippen LogP contribution in [0.1, 0.15) is 36.8 Å². The summed E-state index contributed by atoms with van der Waals surface area (Å²) in [7, 11) is -1.88. The van der Waals surface area contributed by atoms with Gasteiger partial charge in [-0.1, -0.05) is 6.92 Å². The Hall–Kier alpha value is -1.93. The predicted octanol–water partition coefficient (Wildman–Crippen LogP) is 3.47. The average molecular weight is 409 g/mol. The molecule has 1 amide bonds. The summed E-state index contributed by atoms with van der Waals surface area (Å²) in [6.45, 7) is 2.23. The van der Waals surface area contributed by atoms with Crippen LogP contribution in [0.5, 0.6) is 5.75 Å². The molecule has 3 rings (SSSR count). The molecule has 0 fully saturated rings. The fraction of sp³-hybridized carbons (Fsp3) is 0.474. The van der Waals surface area contributed by atoms with E-state index in [4.69, 9.17) is 4.74 Å². The van der Waals surface area contributed by atoms with Gasteiger partial charge in [-0.15, -0.1) is 11.3 Å². The molecule has 0 spiro atoms. The number of rotatable bonds is 7. The standard InChI is InChI=1S/C19H24N2O4S2/c1-13-5-10-16-17(12-13)26-19(20-16)21-18(22)4-3-11-27(23,24)15-8-6-14(25-2)7-9-15/h6-9,13H,3-5,10-12H2,1-2H3,(H,20,21,22). The summed E-state index contributed by atoms with van der Waals surface area (Å²) in [5.41, 5.74) is 1.09. The molecule has 8 heteroatoms. The predicted molar refractivity (Wildman–Crippen MR) is 106 cm³/mol. The third-order valence-corrected chi connectivity index (χ3v) is 7.52. The van der Waals surface area contributed by atoms with E-state index in [2.05, 4.69) is 17.2 Å². The largest absolute Gasteiger partial charge is 0.497 e.